The topological polar surface area (TPSA) is 0 Å². The summed E-state index contributed by atoms with van der Waals surface area (Å²) in [6, 6.07) is 0. The van der Waals surface area contributed by atoms with Crippen molar-refractivity contribution in [3.8, 4) is 0 Å². The van der Waals surface area contributed by atoms with Gasteiger partial charge < -0.3 is 0 Å². The van der Waals surface area contributed by atoms with Gasteiger partial charge in [-0.3, -0.25) is 0 Å². The van der Waals surface area contributed by atoms with Gasteiger partial charge >= 0.3 is 0 Å². The summed E-state index contributed by atoms with van der Waals surface area (Å²) in [6.07, 6.45) is 4.83. The van der Waals surface area contributed by atoms with Gasteiger partial charge in [0.2, 0.25) is 0 Å². The van der Waals surface area contributed by atoms with Crippen LogP contribution in [0.1, 0.15) is 47.5 Å². The van der Waals surface area contributed by atoms with Gasteiger partial charge in [0.15, 0.2) is 0 Å². The van der Waals surface area contributed by atoms with Crippen molar-refractivity contribution in [1.82, 2.24) is 0 Å². The molecule has 0 amide bonds. The molecule has 0 N–H and O–H groups in total. The van der Waals surface area contributed by atoms with E-state index in [1.165, 1.54) is 18.4 Å². The summed E-state index contributed by atoms with van der Waals surface area (Å²) in [6.45, 7) is 11.3. The lowest BCUT2D eigenvalue weighted by Gasteiger charge is -2.14. The molecule has 0 aliphatic rings. The Morgan fingerprint density at radius 1 is 1.27 bits per heavy atom. The largest absolute Gasteiger partial charge is 0.0887 e. The summed E-state index contributed by atoms with van der Waals surface area (Å²) < 4.78 is 0. The van der Waals surface area contributed by atoms with Crippen LogP contribution in [0.3, 0.4) is 0 Å². The zero-order valence-electron chi connectivity index (χ0n) is 8.65. The third-order valence-electron chi connectivity index (χ3n) is 2.62. The van der Waals surface area contributed by atoms with E-state index in [0.717, 1.165) is 11.8 Å². The number of hydrogen-bond donors (Lipinski definition) is 0. The second-order valence-electron chi connectivity index (χ2n) is 3.90. The molecule has 0 aliphatic heterocycles. The van der Waals surface area contributed by atoms with E-state index in [4.69, 9.17) is 0 Å². The standard InChI is InChI=1S/C11H22/c1-6-10(4)7-8-11(5)9(2)3/h6,9,11H,7-8H2,1-5H3/b10-6-. The van der Waals surface area contributed by atoms with Crippen molar-refractivity contribution in [3.05, 3.63) is 11.6 Å². The van der Waals surface area contributed by atoms with Gasteiger partial charge in [0.25, 0.3) is 0 Å². The number of rotatable bonds is 4. The van der Waals surface area contributed by atoms with E-state index in [9.17, 15) is 0 Å². The fraction of sp³-hybridized carbons (Fsp3) is 0.818. The van der Waals surface area contributed by atoms with E-state index in [1.807, 2.05) is 0 Å². The normalized spacial score (nSPS) is 15.6. The molecule has 0 aromatic carbocycles. The summed E-state index contributed by atoms with van der Waals surface area (Å²) in [7, 11) is 0. The molecule has 0 heteroatoms. The maximum atomic E-state index is 2.34. The third kappa shape index (κ3) is 5.06. The average Bonchev–Trinajstić information content (AvgIpc) is 1.99. The lowest BCUT2D eigenvalue weighted by molar-refractivity contribution is 0.392. The Kier molecular flexibility index (Phi) is 5.27. The van der Waals surface area contributed by atoms with E-state index >= 15 is 0 Å². The molecule has 0 radical (unpaired) electrons. The highest BCUT2D eigenvalue weighted by Crippen LogP contribution is 2.18. The Hall–Kier alpha value is -0.260. The molecule has 0 aromatic rings. The van der Waals surface area contributed by atoms with Gasteiger partial charge in [-0.1, -0.05) is 32.4 Å². The fourth-order valence-corrected chi connectivity index (χ4v) is 0.933. The first-order chi connectivity index (χ1) is 5.07. The van der Waals surface area contributed by atoms with Gasteiger partial charge in [-0.25, -0.2) is 0 Å². The lowest BCUT2D eigenvalue weighted by atomic mass is 9.92. The Morgan fingerprint density at radius 3 is 2.18 bits per heavy atom. The molecule has 1 unspecified atom stereocenters. The highest BCUT2D eigenvalue weighted by molar-refractivity contribution is 4.95. The van der Waals surface area contributed by atoms with E-state index in [1.54, 1.807) is 0 Å². The van der Waals surface area contributed by atoms with Gasteiger partial charge in [-0.2, -0.15) is 0 Å². The van der Waals surface area contributed by atoms with Crippen LogP contribution in [0.2, 0.25) is 0 Å². The van der Waals surface area contributed by atoms with Crippen LogP contribution in [-0.2, 0) is 0 Å². The van der Waals surface area contributed by atoms with Crippen LogP contribution >= 0.6 is 0 Å². The molecule has 0 saturated carbocycles. The van der Waals surface area contributed by atoms with Crippen LogP contribution in [0, 0.1) is 11.8 Å². The van der Waals surface area contributed by atoms with E-state index in [2.05, 4.69) is 40.7 Å². The minimum absolute atomic E-state index is 0.833. The fourth-order valence-electron chi connectivity index (χ4n) is 0.933. The summed E-state index contributed by atoms with van der Waals surface area (Å²) in [5, 5.41) is 0. The number of allylic oxidation sites excluding steroid dienone is 2. The first-order valence-electron chi connectivity index (χ1n) is 4.69. The third-order valence-corrected chi connectivity index (χ3v) is 2.62. The molecule has 0 rings (SSSR count). The maximum absolute atomic E-state index is 2.34. The SMILES string of the molecule is C/C=C(/C)CCC(C)C(C)C. The summed E-state index contributed by atoms with van der Waals surface area (Å²) in [4.78, 5) is 0. The van der Waals surface area contributed by atoms with Gasteiger partial charge in [-0.15, -0.1) is 0 Å². The zero-order valence-corrected chi connectivity index (χ0v) is 8.65. The van der Waals surface area contributed by atoms with Crippen LogP contribution < -0.4 is 0 Å². The van der Waals surface area contributed by atoms with Gasteiger partial charge in [0, 0.05) is 0 Å². The van der Waals surface area contributed by atoms with E-state index in [-0.39, 0.29) is 0 Å². The maximum Gasteiger partial charge on any atom is -0.0321 e. The van der Waals surface area contributed by atoms with Crippen LogP contribution in [0.5, 0.6) is 0 Å². The van der Waals surface area contributed by atoms with E-state index < -0.39 is 0 Å². The molecule has 1 atom stereocenters. The Balaban J connectivity index is 3.54. The van der Waals surface area contributed by atoms with Gasteiger partial charge in [0.1, 0.15) is 0 Å². The second kappa shape index (κ2) is 5.40. The molecule has 0 spiro atoms. The molecule has 0 aliphatic carbocycles. The summed E-state index contributed by atoms with van der Waals surface area (Å²) in [5.74, 6) is 1.70. The van der Waals surface area contributed by atoms with Gasteiger partial charge in [-0.05, 0) is 38.5 Å². The number of hydrogen-bond acceptors (Lipinski definition) is 0. The Morgan fingerprint density at radius 2 is 1.82 bits per heavy atom. The first kappa shape index (κ1) is 10.7. The van der Waals surface area contributed by atoms with E-state index in [0.29, 0.717) is 0 Å². The Labute approximate surface area is 71.7 Å². The van der Waals surface area contributed by atoms with Crippen molar-refractivity contribution in [2.45, 2.75) is 47.5 Å². The van der Waals surface area contributed by atoms with Crippen molar-refractivity contribution in [2.24, 2.45) is 11.8 Å². The van der Waals surface area contributed by atoms with Crippen molar-refractivity contribution in [1.29, 1.82) is 0 Å². The van der Waals surface area contributed by atoms with Crippen molar-refractivity contribution >= 4 is 0 Å². The van der Waals surface area contributed by atoms with Crippen molar-refractivity contribution in [3.63, 3.8) is 0 Å². The molecule has 0 aromatic heterocycles. The minimum Gasteiger partial charge on any atom is -0.0887 e. The minimum atomic E-state index is 0.833. The quantitative estimate of drug-likeness (QED) is 0.536. The molecule has 0 saturated heterocycles. The molecule has 66 valence electrons. The molecule has 0 heterocycles. The molecule has 11 heavy (non-hydrogen) atoms. The van der Waals surface area contributed by atoms with Crippen LogP contribution in [0.4, 0.5) is 0 Å². The van der Waals surface area contributed by atoms with Crippen molar-refractivity contribution < 1.29 is 0 Å². The lowest BCUT2D eigenvalue weighted by Crippen LogP contribution is -2.03. The molecular formula is C11H22. The summed E-state index contributed by atoms with van der Waals surface area (Å²) >= 11 is 0. The predicted octanol–water partition coefficient (Wildman–Crippen LogP) is 4.02. The first-order valence-corrected chi connectivity index (χ1v) is 4.69. The highest BCUT2D eigenvalue weighted by Gasteiger charge is 2.05. The van der Waals surface area contributed by atoms with Crippen LogP contribution in [0.15, 0.2) is 11.6 Å². The molecule has 0 fully saturated rings. The Bertz CT molecular complexity index is 120. The van der Waals surface area contributed by atoms with Gasteiger partial charge in [0.05, 0.1) is 0 Å². The molecular weight excluding hydrogens is 132 g/mol. The second-order valence-corrected chi connectivity index (χ2v) is 3.90. The van der Waals surface area contributed by atoms with Crippen LogP contribution in [-0.4, -0.2) is 0 Å². The molecule has 0 bridgehead atoms. The monoisotopic (exact) mass is 154 g/mol. The molecule has 0 nitrogen and oxygen atoms in total. The van der Waals surface area contributed by atoms with Crippen molar-refractivity contribution in [2.75, 3.05) is 0 Å². The summed E-state index contributed by atoms with van der Waals surface area (Å²) in [5.41, 5.74) is 1.53. The highest BCUT2D eigenvalue weighted by atomic mass is 14.1. The average molecular weight is 154 g/mol. The predicted molar refractivity (Wildman–Crippen MR) is 52.7 cm³/mol. The zero-order chi connectivity index (χ0) is 8.85. The smallest absolute Gasteiger partial charge is 0.0321 e. The van der Waals surface area contributed by atoms with Crippen LogP contribution in [0.25, 0.3) is 0 Å².